The zero-order valence-electron chi connectivity index (χ0n) is 13.6. The number of likely N-dealkylation sites (N-methyl/N-ethyl adjacent to an activating group) is 1. The van der Waals surface area contributed by atoms with Gasteiger partial charge in [-0.15, -0.1) is 0 Å². The molecule has 1 rings (SSSR count). The van der Waals surface area contributed by atoms with Crippen LogP contribution in [0.3, 0.4) is 0 Å². The number of carbonyl (C=O) groups is 1. The molecular formula is C15H25N3O4. The molecule has 0 heterocycles. The van der Waals surface area contributed by atoms with Crippen molar-refractivity contribution in [2.24, 2.45) is 0 Å². The Morgan fingerprint density at radius 3 is 2.41 bits per heavy atom. The van der Waals surface area contributed by atoms with Gasteiger partial charge in [-0.1, -0.05) is 6.07 Å². The Kier molecular flexibility index (Phi) is 7.91. The Hall–Kier alpha value is -2.15. The van der Waals surface area contributed by atoms with E-state index in [-0.39, 0.29) is 6.03 Å². The Labute approximate surface area is 131 Å². The van der Waals surface area contributed by atoms with Crippen molar-refractivity contribution in [2.45, 2.75) is 0 Å². The molecule has 0 aliphatic heterocycles. The van der Waals surface area contributed by atoms with Crippen molar-refractivity contribution in [1.29, 1.82) is 0 Å². The Morgan fingerprint density at radius 1 is 1.09 bits per heavy atom. The van der Waals surface area contributed by atoms with Crippen LogP contribution in [0, 0.1) is 0 Å². The van der Waals surface area contributed by atoms with E-state index < -0.39 is 0 Å². The lowest BCUT2D eigenvalue weighted by Gasteiger charge is -2.14. The van der Waals surface area contributed by atoms with Gasteiger partial charge in [0.25, 0.3) is 0 Å². The zero-order valence-corrected chi connectivity index (χ0v) is 13.6. The maximum atomic E-state index is 11.5. The van der Waals surface area contributed by atoms with Gasteiger partial charge in [-0.25, -0.2) is 4.79 Å². The van der Waals surface area contributed by atoms with Crippen LogP contribution in [0.4, 0.5) is 4.79 Å². The second-order valence-electron chi connectivity index (χ2n) is 4.83. The molecule has 1 aromatic carbocycles. The van der Waals surface area contributed by atoms with Crippen molar-refractivity contribution in [3.05, 3.63) is 18.2 Å². The molecular weight excluding hydrogens is 286 g/mol. The van der Waals surface area contributed by atoms with Gasteiger partial charge in [0.1, 0.15) is 6.61 Å². The molecule has 0 radical (unpaired) electrons. The van der Waals surface area contributed by atoms with E-state index in [1.807, 2.05) is 25.1 Å². The SMILES string of the molecule is COc1cccc(OCCNC(=O)NCCN(C)C)c1OC. The van der Waals surface area contributed by atoms with Crippen molar-refractivity contribution in [3.8, 4) is 17.2 Å². The number of hydrogen-bond acceptors (Lipinski definition) is 5. The lowest BCUT2D eigenvalue weighted by molar-refractivity contribution is 0.234. The van der Waals surface area contributed by atoms with Crippen LogP contribution in [0.15, 0.2) is 18.2 Å². The standard InChI is InChI=1S/C15H25N3O4/c1-18(2)10-8-16-15(19)17-9-11-22-13-7-5-6-12(20-3)14(13)21-4/h5-7H,8-11H2,1-4H3,(H2,16,17,19). The summed E-state index contributed by atoms with van der Waals surface area (Å²) in [6.07, 6.45) is 0. The molecule has 0 atom stereocenters. The van der Waals surface area contributed by atoms with E-state index in [1.165, 1.54) is 0 Å². The molecule has 0 bridgehead atoms. The first-order chi connectivity index (χ1) is 10.6. The highest BCUT2D eigenvalue weighted by atomic mass is 16.5. The molecule has 0 aliphatic carbocycles. The maximum Gasteiger partial charge on any atom is 0.314 e. The molecule has 0 spiro atoms. The predicted molar refractivity (Wildman–Crippen MR) is 85.0 cm³/mol. The number of rotatable bonds is 9. The molecule has 124 valence electrons. The first kappa shape index (κ1) is 17.9. The summed E-state index contributed by atoms with van der Waals surface area (Å²) in [4.78, 5) is 13.5. The van der Waals surface area contributed by atoms with E-state index in [1.54, 1.807) is 26.4 Å². The highest BCUT2D eigenvalue weighted by Crippen LogP contribution is 2.36. The molecule has 0 aliphatic rings. The van der Waals surface area contributed by atoms with Gasteiger partial charge in [-0.05, 0) is 26.2 Å². The minimum absolute atomic E-state index is 0.206. The Morgan fingerprint density at radius 2 is 1.77 bits per heavy atom. The van der Waals surface area contributed by atoms with Crippen molar-refractivity contribution in [3.63, 3.8) is 0 Å². The largest absolute Gasteiger partial charge is 0.493 e. The highest BCUT2D eigenvalue weighted by molar-refractivity contribution is 5.73. The molecule has 0 saturated heterocycles. The van der Waals surface area contributed by atoms with Crippen LogP contribution in [0.5, 0.6) is 17.2 Å². The summed E-state index contributed by atoms with van der Waals surface area (Å²) in [5, 5.41) is 5.49. The first-order valence-corrected chi connectivity index (χ1v) is 7.08. The molecule has 2 N–H and O–H groups in total. The summed E-state index contributed by atoms with van der Waals surface area (Å²) in [5.41, 5.74) is 0. The average Bonchev–Trinajstić information content (AvgIpc) is 2.50. The van der Waals surface area contributed by atoms with Crippen LogP contribution in [0.1, 0.15) is 0 Å². The quantitative estimate of drug-likeness (QED) is 0.664. The monoisotopic (exact) mass is 311 g/mol. The topological polar surface area (TPSA) is 72.1 Å². The van der Waals surface area contributed by atoms with Crippen LogP contribution < -0.4 is 24.8 Å². The normalized spacial score (nSPS) is 10.2. The van der Waals surface area contributed by atoms with Crippen molar-refractivity contribution >= 4 is 6.03 Å². The van der Waals surface area contributed by atoms with E-state index in [0.717, 1.165) is 6.54 Å². The van der Waals surface area contributed by atoms with Crippen LogP contribution in [-0.4, -0.2) is 65.5 Å². The molecule has 1 aromatic rings. The Balaban J connectivity index is 2.31. The number of hydrogen-bond donors (Lipinski definition) is 2. The van der Waals surface area contributed by atoms with Gasteiger partial charge in [-0.2, -0.15) is 0 Å². The summed E-state index contributed by atoms with van der Waals surface area (Å²) in [6, 6.07) is 5.20. The van der Waals surface area contributed by atoms with Crippen LogP contribution in [0.25, 0.3) is 0 Å². The second-order valence-corrected chi connectivity index (χ2v) is 4.83. The molecule has 7 nitrogen and oxygen atoms in total. The Bertz CT molecular complexity index is 466. The zero-order chi connectivity index (χ0) is 16.4. The number of benzene rings is 1. The minimum Gasteiger partial charge on any atom is -0.493 e. The van der Waals surface area contributed by atoms with E-state index in [4.69, 9.17) is 14.2 Å². The summed E-state index contributed by atoms with van der Waals surface area (Å²) in [5.74, 6) is 1.73. The van der Waals surface area contributed by atoms with Gasteiger partial charge < -0.3 is 29.7 Å². The number of nitrogens with one attached hydrogen (secondary N) is 2. The summed E-state index contributed by atoms with van der Waals surface area (Å²) < 4.78 is 16.1. The molecule has 0 aromatic heterocycles. The number of nitrogens with zero attached hydrogens (tertiary/aromatic N) is 1. The van der Waals surface area contributed by atoms with E-state index in [9.17, 15) is 4.79 Å². The van der Waals surface area contributed by atoms with Gasteiger partial charge in [0.2, 0.25) is 5.75 Å². The fourth-order valence-electron chi connectivity index (χ4n) is 1.75. The van der Waals surface area contributed by atoms with Gasteiger partial charge in [-0.3, -0.25) is 0 Å². The van der Waals surface area contributed by atoms with E-state index in [2.05, 4.69) is 10.6 Å². The average molecular weight is 311 g/mol. The smallest absolute Gasteiger partial charge is 0.314 e. The molecule has 2 amide bonds. The molecule has 0 unspecified atom stereocenters. The predicted octanol–water partition coefficient (Wildman–Crippen LogP) is 0.943. The van der Waals surface area contributed by atoms with Gasteiger partial charge >= 0.3 is 6.03 Å². The summed E-state index contributed by atoms with van der Waals surface area (Å²) in [7, 11) is 7.03. The number of amides is 2. The fourth-order valence-corrected chi connectivity index (χ4v) is 1.75. The highest BCUT2D eigenvalue weighted by Gasteiger charge is 2.10. The minimum atomic E-state index is -0.206. The second kappa shape index (κ2) is 9.73. The number of para-hydroxylation sites is 1. The number of ether oxygens (including phenoxy) is 3. The number of carbonyl (C=O) groups excluding carboxylic acids is 1. The van der Waals surface area contributed by atoms with Crippen molar-refractivity contribution in [1.82, 2.24) is 15.5 Å². The van der Waals surface area contributed by atoms with Crippen molar-refractivity contribution < 1.29 is 19.0 Å². The maximum absolute atomic E-state index is 11.5. The first-order valence-electron chi connectivity index (χ1n) is 7.08. The summed E-state index contributed by atoms with van der Waals surface area (Å²) >= 11 is 0. The third kappa shape index (κ3) is 6.09. The fraction of sp³-hybridized carbons (Fsp3) is 0.533. The van der Waals surface area contributed by atoms with E-state index in [0.29, 0.717) is 36.9 Å². The van der Waals surface area contributed by atoms with Crippen molar-refractivity contribution in [2.75, 3.05) is 54.6 Å². The lowest BCUT2D eigenvalue weighted by Crippen LogP contribution is -2.40. The lowest BCUT2D eigenvalue weighted by atomic mass is 10.3. The van der Waals surface area contributed by atoms with Gasteiger partial charge in [0.05, 0.1) is 20.8 Å². The molecule has 0 saturated carbocycles. The molecule has 0 fully saturated rings. The van der Waals surface area contributed by atoms with Gasteiger partial charge in [0, 0.05) is 13.1 Å². The van der Waals surface area contributed by atoms with Crippen LogP contribution in [-0.2, 0) is 0 Å². The number of urea groups is 1. The third-order valence-electron chi connectivity index (χ3n) is 2.86. The summed E-state index contributed by atoms with van der Waals surface area (Å²) in [6.45, 7) is 2.13. The molecule has 7 heteroatoms. The van der Waals surface area contributed by atoms with Crippen LogP contribution >= 0.6 is 0 Å². The van der Waals surface area contributed by atoms with Gasteiger partial charge in [0.15, 0.2) is 11.5 Å². The number of methoxy groups -OCH3 is 2. The van der Waals surface area contributed by atoms with E-state index >= 15 is 0 Å². The molecule has 22 heavy (non-hydrogen) atoms. The third-order valence-corrected chi connectivity index (χ3v) is 2.86. The van der Waals surface area contributed by atoms with Crippen LogP contribution in [0.2, 0.25) is 0 Å².